The number of nitrogens with zero attached hydrogens (tertiary/aromatic N) is 2. The van der Waals surface area contributed by atoms with Crippen LogP contribution in [0.15, 0.2) is 23.2 Å². The Hall–Kier alpha value is -1.31. The molecule has 0 saturated carbocycles. The minimum Gasteiger partial charge on any atom is -0.356 e. The fraction of sp³-hybridized carbons (Fsp3) is 0.533. The molecule has 2 aliphatic rings. The third-order valence-corrected chi connectivity index (χ3v) is 3.59. The predicted molar refractivity (Wildman–Crippen MR) is 71.7 cm³/mol. The van der Waals surface area contributed by atoms with Crippen LogP contribution in [0.2, 0.25) is 0 Å². The molecule has 90 valence electrons. The van der Waals surface area contributed by atoms with E-state index in [0.717, 1.165) is 18.9 Å². The van der Waals surface area contributed by atoms with Crippen molar-refractivity contribution in [3.63, 3.8) is 0 Å². The topological polar surface area (TPSA) is 15.6 Å². The van der Waals surface area contributed by atoms with Crippen molar-refractivity contribution in [3.05, 3.63) is 29.3 Å². The number of hydrogen-bond acceptors (Lipinski definition) is 2. The van der Waals surface area contributed by atoms with Crippen LogP contribution >= 0.6 is 0 Å². The molecular formula is C15H20N2. The molecule has 0 bridgehead atoms. The highest BCUT2D eigenvalue weighted by Gasteiger charge is 2.23. The van der Waals surface area contributed by atoms with Crippen molar-refractivity contribution in [2.75, 3.05) is 6.54 Å². The Morgan fingerprint density at radius 2 is 2.24 bits per heavy atom. The van der Waals surface area contributed by atoms with E-state index in [9.17, 15) is 0 Å². The van der Waals surface area contributed by atoms with Crippen molar-refractivity contribution in [1.82, 2.24) is 4.90 Å². The zero-order chi connectivity index (χ0) is 11.8. The molecule has 1 saturated heterocycles. The molecule has 17 heavy (non-hydrogen) atoms. The molecule has 2 heterocycles. The van der Waals surface area contributed by atoms with Gasteiger partial charge in [-0.1, -0.05) is 26.0 Å². The van der Waals surface area contributed by atoms with Crippen molar-refractivity contribution in [2.45, 2.75) is 39.7 Å². The van der Waals surface area contributed by atoms with Crippen molar-refractivity contribution in [2.24, 2.45) is 10.9 Å². The molecule has 0 spiro atoms. The van der Waals surface area contributed by atoms with E-state index in [4.69, 9.17) is 4.99 Å². The maximum Gasteiger partial charge on any atom is 0.105 e. The second kappa shape index (κ2) is 4.17. The average molecular weight is 228 g/mol. The van der Waals surface area contributed by atoms with Gasteiger partial charge in [0.25, 0.3) is 0 Å². The molecular weight excluding hydrogens is 208 g/mol. The molecule has 0 unspecified atom stereocenters. The van der Waals surface area contributed by atoms with Crippen LogP contribution in [-0.2, 0) is 13.0 Å². The lowest BCUT2D eigenvalue weighted by atomic mass is 9.99. The molecule has 2 nitrogen and oxygen atoms in total. The highest BCUT2D eigenvalue weighted by molar-refractivity contribution is 5.88. The van der Waals surface area contributed by atoms with Crippen LogP contribution in [0.4, 0.5) is 5.69 Å². The molecule has 2 aliphatic heterocycles. The SMILES string of the molecule is CC(C)Cc1ccc2c(c1)CN1CCCC1=N2. The van der Waals surface area contributed by atoms with Gasteiger partial charge in [-0.3, -0.25) is 0 Å². The van der Waals surface area contributed by atoms with Gasteiger partial charge in [0.05, 0.1) is 5.69 Å². The average Bonchev–Trinajstić information content (AvgIpc) is 2.72. The largest absolute Gasteiger partial charge is 0.356 e. The predicted octanol–water partition coefficient (Wildman–Crippen LogP) is 3.52. The van der Waals surface area contributed by atoms with Crippen LogP contribution in [-0.4, -0.2) is 17.3 Å². The lowest BCUT2D eigenvalue weighted by molar-refractivity contribution is 0.442. The van der Waals surface area contributed by atoms with Gasteiger partial charge < -0.3 is 4.90 Å². The van der Waals surface area contributed by atoms with Crippen LogP contribution < -0.4 is 0 Å². The van der Waals surface area contributed by atoms with Crippen molar-refractivity contribution >= 4 is 11.5 Å². The summed E-state index contributed by atoms with van der Waals surface area (Å²) in [6.45, 7) is 6.80. The Kier molecular flexibility index (Phi) is 2.65. The molecule has 1 aromatic rings. The van der Waals surface area contributed by atoms with Crippen LogP contribution in [0.3, 0.4) is 0 Å². The first kappa shape index (κ1) is 10.8. The second-order valence-electron chi connectivity index (χ2n) is 5.61. The van der Waals surface area contributed by atoms with Crippen LogP contribution in [0.25, 0.3) is 0 Å². The van der Waals surface area contributed by atoms with Gasteiger partial charge in [0.15, 0.2) is 0 Å². The fourth-order valence-corrected chi connectivity index (χ4v) is 2.83. The van der Waals surface area contributed by atoms with Gasteiger partial charge in [-0.25, -0.2) is 4.99 Å². The molecule has 0 amide bonds. The first-order valence-electron chi connectivity index (χ1n) is 6.66. The van der Waals surface area contributed by atoms with Crippen molar-refractivity contribution in [3.8, 4) is 0 Å². The summed E-state index contributed by atoms with van der Waals surface area (Å²) in [7, 11) is 0. The normalized spacial score (nSPS) is 18.1. The third-order valence-electron chi connectivity index (χ3n) is 3.59. The van der Waals surface area contributed by atoms with E-state index in [1.54, 1.807) is 0 Å². The Bertz CT molecular complexity index is 460. The third kappa shape index (κ3) is 2.08. The highest BCUT2D eigenvalue weighted by atomic mass is 15.2. The Balaban J connectivity index is 1.91. The van der Waals surface area contributed by atoms with E-state index in [1.165, 1.54) is 42.0 Å². The molecule has 0 atom stereocenters. The van der Waals surface area contributed by atoms with Crippen LogP contribution in [0.5, 0.6) is 0 Å². The number of rotatable bonds is 2. The second-order valence-corrected chi connectivity index (χ2v) is 5.61. The quantitative estimate of drug-likeness (QED) is 0.756. The van der Waals surface area contributed by atoms with E-state index in [-0.39, 0.29) is 0 Å². The van der Waals surface area contributed by atoms with Gasteiger partial charge in [0.2, 0.25) is 0 Å². The minimum absolute atomic E-state index is 0.725. The number of amidine groups is 1. The zero-order valence-corrected chi connectivity index (χ0v) is 10.7. The van der Waals surface area contributed by atoms with Crippen molar-refractivity contribution in [1.29, 1.82) is 0 Å². The molecule has 3 rings (SSSR count). The molecule has 2 heteroatoms. The summed E-state index contributed by atoms with van der Waals surface area (Å²) >= 11 is 0. The van der Waals surface area contributed by atoms with Gasteiger partial charge in [0.1, 0.15) is 5.84 Å². The van der Waals surface area contributed by atoms with Gasteiger partial charge in [-0.2, -0.15) is 0 Å². The first-order chi connectivity index (χ1) is 8.22. The zero-order valence-electron chi connectivity index (χ0n) is 10.7. The molecule has 0 aliphatic carbocycles. The van der Waals surface area contributed by atoms with Crippen LogP contribution in [0.1, 0.15) is 37.8 Å². The molecule has 0 radical (unpaired) electrons. The smallest absolute Gasteiger partial charge is 0.105 e. The van der Waals surface area contributed by atoms with Gasteiger partial charge in [-0.05, 0) is 36.0 Å². The van der Waals surface area contributed by atoms with E-state index in [0.29, 0.717) is 0 Å². The summed E-state index contributed by atoms with van der Waals surface area (Å²) < 4.78 is 0. The number of hydrogen-bond donors (Lipinski definition) is 0. The maximum atomic E-state index is 4.77. The Morgan fingerprint density at radius 3 is 3.06 bits per heavy atom. The van der Waals surface area contributed by atoms with Gasteiger partial charge in [-0.15, -0.1) is 0 Å². The maximum absolute atomic E-state index is 4.77. The summed E-state index contributed by atoms with van der Waals surface area (Å²) in [6.07, 6.45) is 3.60. The standard InChI is InChI=1S/C15H20N2/c1-11(2)8-12-5-6-14-13(9-12)10-17-7-3-4-15(17)16-14/h5-6,9,11H,3-4,7-8,10H2,1-2H3. The molecule has 1 fully saturated rings. The fourth-order valence-electron chi connectivity index (χ4n) is 2.83. The number of aliphatic imine (C=N–C) groups is 1. The van der Waals surface area contributed by atoms with Crippen molar-refractivity contribution < 1.29 is 0 Å². The summed E-state index contributed by atoms with van der Waals surface area (Å²) in [6, 6.07) is 6.80. The Morgan fingerprint density at radius 1 is 1.35 bits per heavy atom. The van der Waals surface area contributed by atoms with E-state index in [2.05, 4.69) is 36.9 Å². The summed E-state index contributed by atoms with van der Waals surface area (Å²) in [5.41, 5.74) is 4.07. The minimum atomic E-state index is 0.725. The Labute approximate surface area is 103 Å². The first-order valence-corrected chi connectivity index (χ1v) is 6.66. The van der Waals surface area contributed by atoms with Crippen LogP contribution in [0, 0.1) is 5.92 Å². The lowest BCUT2D eigenvalue weighted by Gasteiger charge is -2.25. The number of benzene rings is 1. The van der Waals surface area contributed by atoms with E-state index < -0.39 is 0 Å². The summed E-state index contributed by atoms with van der Waals surface area (Å²) in [5.74, 6) is 2.02. The highest BCUT2D eigenvalue weighted by Crippen LogP contribution is 2.31. The lowest BCUT2D eigenvalue weighted by Crippen LogP contribution is -2.26. The number of fused-ring (bicyclic) bond motifs is 2. The monoisotopic (exact) mass is 228 g/mol. The molecule has 0 N–H and O–H groups in total. The van der Waals surface area contributed by atoms with Gasteiger partial charge >= 0.3 is 0 Å². The van der Waals surface area contributed by atoms with E-state index in [1.807, 2.05) is 0 Å². The van der Waals surface area contributed by atoms with Gasteiger partial charge in [0, 0.05) is 19.5 Å². The molecule has 0 aromatic heterocycles. The molecule has 1 aromatic carbocycles. The van der Waals surface area contributed by atoms with E-state index >= 15 is 0 Å². The summed E-state index contributed by atoms with van der Waals surface area (Å²) in [5, 5.41) is 0. The summed E-state index contributed by atoms with van der Waals surface area (Å²) in [4.78, 5) is 7.20.